The maximum absolute atomic E-state index is 13.0. The number of carbonyl (C=O) groups excluding carboxylic acids is 1. The van der Waals surface area contributed by atoms with E-state index in [-0.39, 0.29) is 5.91 Å². The van der Waals surface area contributed by atoms with Gasteiger partial charge in [0.1, 0.15) is 0 Å². The quantitative estimate of drug-likeness (QED) is 0.362. The van der Waals surface area contributed by atoms with E-state index in [2.05, 4.69) is 57.5 Å². The van der Waals surface area contributed by atoms with Crippen LogP contribution in [0.25, 0.3) is 22.2 Å². The maximum atomic E-state index is 13.0. The summed E-state index contributed by atoms with van der Waals surface area (Å²) in [6, 6.07) is 16.5. The van der Waals surface area contributed by atoms with Crippen molar-refractivity contribution in [3.63, 3.8) is 0 Å². The highest BCUT2D eigenvalue weighted by atomic mass is 79.9. The van der Waals surface area contributed by atoms with Gasteiger partial charge < -0.3 is 9.88 Å². The van der Waals surface area contributed by atoms with E-state index in [9.17, 15) is 4.79 Å². The molecule has 1 aliphatic rings. The second kappa shape index (κ2) is 8.60. The lowest BCUT2D eigenvalue weighted by Gasteiger charge is -2.31. The van der Waals surface area contributed by atoms with Crippen LogP contribution in [-0.4, -0.2) is 33.9 Å². The molecule has 6 heteroatoms. The standard InChI is InChI=1S/C25H24BrN3OS/c1-16-21(20-7-2-3-8-22(20)27-16)14-24(30)29-11-9-17(10-12-29)25-28-23(15-31-25)18-5-4-6-19(26)13-18/h2-8,13,15,17,27H,9-12,14H2,1H3. The number of H-pyrrole nitrogens is 1. The van der Waals surface area contributed by atoms with E-state index in [0.717, 1.165) is 63.8 Å². The Morgan fingerprint density at radius 2 is 2.00 bits per heavy atom. The van der Waals surface area contributed by atoms with Crippen LogP contribution in [-0.2, 0) is 11.2 Å². The number of likely N-dealkylation sites (tertiary alicyclic amines) is 1. The van der Waals surface area contributed by atoms with Gasteiger partial charge in [-0.25, -0.2) is 4.98 Å². The van der Waals surface area contributed by atoms with E-state index in [1.165, 1.54) is 5.01 Å². The van der Waals surface area contributed by atoms with E-state index in [1.807, 2.05) is 29.2 Å². The average molecular weight is 494 g/mol. The fourth-order valence-electron chi connectivity index (χ4n) is 4.46. The molecular weight excluding hydrogens is 470 g/mol. The molecule has 2 aromatic heterocycles. The number of hydrogen-bond donors (Lipinski definition) is 1. The van der Waals surface area contributed by atoms with Crippen LogP contribution in [0.3, 0.4) is 0 Å². The molecule has 3 heterocycles. The van der Waals surface area contributed by atoms with Crippen molar-refractivity contribution in [2.24, 2.45) is 0 Å². The van der Waals surface area contributed by atoms with Crippen LogP contribution >= 0.6 is 27.3 Å². The molecule has 1 amide bonds. The van der Waals surface area contributed by atoms with Gasteiger partial charge in [0.2, 0.25) is 5.91 Å². The first kappa shape index (κ1) is 20.5. The number of rotatable bonds is 4. The molecule has 4 nitrogen and oxygen atoms in total. The minimum Gasteiger partial charge on any atom is -0.358 e. The number of fused-ring (bicyclic) bond motifs is 1. The predicted octanol–water partition coefficient (Wildman–Crippen LogP) is 6.31. The lowest BCUT2D eigenvalue weighted by atomic mass is 9.96. The zero-order valence-electron chi connectivity index (χ0n) is 17.4. The number of aromatic amines is 1. The molecule has 0 saturated carbocycles. The first-order chi connectivity index (χ1) is 15.1. The predicted molar refractivity (Wildman–Crippen MR) is 131 cm³/mol. The van der Waals surface area contributed by atoms with Crippen molar-refractivity contribution in [1.82, 2.24) is 14.9 Å². The molecule has 4 aromatic rings. The highest BCUT2D eigenvalue weighted by Gasteiger charge is 2.26. The molecule has 2 aromatic carbocycles. The van der Waals surface area contributed by atoms with Gasteiger partial charge in [0.15, 0.2) is 0 Å². The molecular formula is C25H24BrN3OS. The van der Waals surface area contributed by atoms with Crippen molar-refractivity contribution in [2.45, 2.75) is 32.1 Å². The highest BCUT2D eigenvalue weighted by molar-refractivity contribution is 9.10. The van der Waals surface area contributed by atoms with E-state index < -0.39 is 0 Å². The second-order valence-corrected chi connectivity index (χ2v) is 9.99. The number of aromatic nitrogens is 2. The van der Waals surface area contributed by atoms with Crippen molar-refractivity contribution >= 4 is 44.1 Å². The molecule has 1 aliphatic heterocycles. The number of amides is 1. The molecule has 0 bridgehead atoms. The Hall–Kier alpha value is -2.44. The first-order valence-corrected chi connectivity index (χ1v) is 12.3. The van der Waals surface area contributed by atoms with Crippen LogP contribution < -0.4 is 0 Å². The summed E-state index contributed by atoms with van der Waals surface area (Å²) in [5.74, 6) is 0.657. The Kier molecular flexibility index (Phi) is 5.67. The van der Waals surface area contributed by atoms with E-state index >= 15 is 0 Å². The smallest absolute Gasteiger partial charge is 0.227 e. The van der Waals surface area contributed by atoms with Crippen molar-refractivity contribution in [2.75, 3.05) is 13.1 Å². The van der Waals surface area contributed by atoms with Crippen molar-refractivity contribution in [3.05, 3.63) is 74.6 Å². The summed E-state index contributed by atoms with van der Waals surface area (Å²) in [6.45, 7) is 3.66. The number of nitrogens with one attached hydrogen (secondary N) is 1. The fourth-order valence-corrected chi connectivity index (χ4v) is 5.86. The van der Waals surface area contributed by atoms with Crippen LogP contribution in [0.5, 0.6) is 0 Å². The Morgan fingerprint density at radius 3 is 2.81 bits per heavy atom. The van der Waals surface area contributed by atoms with Crippen molar-refractivity contribution < 1.29 is 4.79 Å². The zero-order chi connectivity index (χ0) is 21.4. The SMILES string of the molecule is Cc1[nH]c2ccccc2c1CC(=O)N1CCC(c2nc(-c3cccc(Br)c3)cs2)CC1. The van der Waals surface area contributed by atoms with E-state index in [4.69, 9.17) is 4.98 Å². The fraction of sp³-hybridized carbons (Fsp3) is 0.280. The van der Waals surface area contributed by atoms with E-state index in [0.29, 0.717) is 12.3 Å². The molecule has 1 fully saturated rings. The summed E-state index contributed by atoms with van der Waals surface area (Å²) in [7, 11) is 0. The summed E-state index contributed by atoms with van der Waals surface area (Å²) in [6.07, 6.45) is 2.42. The van der Waals surface area contributed by atoms with Crippen LogP contribution in [0.15, 0.2) is 58.4 Å². The molecule has 5 rings (SSSR count). The minimum absolute atomic E-state index is 0.222. The number of para-hydroxylation sites is 1. The van der Waals surface area contributed by atoms with Gasteiger partial charge in [0.05, 0.1) is 17.1 Å². The molecule has 0 spiro atoms. The normalized spacial score (nSPS) is 15.0. The molecule has 0 unspecified atom stereocenters. The van der Waals surface area contributed by atoms with E-state index in [1.54, 1.807) is 11.3 Å². The van der Waals surface area contributed by atoms with Crippen LogP contribution in [0.1, 0.15) is 35.0 Å². The molecule has 1 saturated heterocycles. The monoisotopic (exact) mass is 493 g/mol. The largest absolute Gasteiger partial charge is 0.358 e. The summed E-state index contributed by atoms with van der Waals surface area (Å²) >= 11 is 5.28. The number of nitrogens with zero attached hydrogens (tertiary/aromatic N) is 2. The van der Waals surface area contributed by atoms with Crippen molar-refractivity contribution in [1.29, 1.82) is 0 Å². The summed E-state index contributed by atoms with van der Waals surface area (Å²) in [4.78, 5) is 23.4. The van der Waals surface area contributed by atoms with Crippen LogP contribution in [0.2, 0.25) is 0 Å². The zero-order valence-corrected chi connectivity index (χ0v) is 19.8. The molecule has 0 atom stereocenters. The summed E-state index contributed by atoms with van der Waals surface area (Å²) in [5, 5.41) is 4.50. The lowest BCUT2D eigenvalue weighted by molar-refractivity contribution is -0.131. The van der Waals surface area contributed by atoms with Gasteiger partial charge in [0, 0.05) is 51.0 Å². The third-order valence-corrected chi connectivity index (χ3v) is 7.69. The Balaban J connectivity index is 1.23. The average Bonchev–Trinajstić information content (AvgIpc) is 3.39. The topological polar surface area (TPSA) is 49.0 Å². The number of halogens is 1. The first-order valence-electron chi connectivity index (χ1n) is 10.6. The van der Waals surface area contributed by atoms with Gasteiger partial charge in [-0.1, -0.05) is 46.3 Å². The third kappa shape index (κ3) is 4.19. The maximum Gasteiger partial charge on any atom is 0.227 e. The molecule has 1 N–H and O–H groups in total. The van der Waals surface area contributed by atoms with Crippen molar-refractivity contribution in [3.8, 4) is 11.3 Å². The number of hydrogen-bond acceptors (Lipinski definition) is 3. The number of piperidine rings is 1. The number of thiazole rings is 1. The second-order valence-electron chi connectivity index (χ2n) is 8.19. The number of carbonyl (C=O) groups is 1. The van der Waals surface area contributed by atoms with Gasteiger partial charge in [-0.05, 0) is 43.5 Å². The Morgan fingerprint density at radius 1 is 1.19 bits per heavy atom. The van der Waals surface area contributed by atoms with Gasteiger partial charge in [0.25, 0.3) is 0 Å². The van der Waals surface area contributed by atoms with Gasteiger partial charge in [-0.15, -0.1) is 11.3 Å². The molecule has 31 heavy (non-hydrogen) atoms. The Labute approximate surface area is 194 Å². The third-order valence-electron chi connectivity index (χ3n) is 6.19. The summed E-state index contributed by atoms with van der Waals surface area (Å²) in [5.41, 5.74) is 5.49. The molecule has 158 valence electrons. The van der Waals surface area contributed by atoms with Crippen LogP contribution in [0, 0.1) is 6.92 Å². The number of aryl methyl sites for hydroxylation is 1. The van der Waals surface area contributed by atoms with Gasteiger partial charge in [-0.3, -0.25) is 4.79 Å². The number of benzene rings is 2. The molecule has 0 radical (unpaired) electrons. The van der Waals surface area contributed by atoms with Gasteiger partial charge >= 0.3 is 0 Å². The highest BCUT2D eigenvalue weighted by Crippen LogP contribution is 2.34. The van der Waals surface area contributed by atoms with Gasteiger partial charge in [-0.2, -0.15) is 0 Å². The van der Waals surface area contributed by atoms with Crippen LogP contribution in [0.4, 0.5) is 0 Å². The minimum atomic E-state index is 0.222. The Bertz CT molecular complexity index is 1240. The molecule has 0 aliphatic carbocycles. The lowest BCUT2D eigenvalue weighted by Crippen LogP contribution is -2.38. The summed E-state index contributed by atoms with van der Waals surface area (Å²) < 4.78 is 1.07.